The number of amides is 1. The number of likely N-dealkylation sites (N-methyl/N-ethyl adjacent to an activating group) is 1. The van der Waals surface area contributed by atoms with Gasteiger partial charge in [0.1, 0.15) is 6.54 Å². The molecular weight excluding hydrogens is 214 g/mol. The molecule has 1 amide bonds. The summed E-state index contributed by atoms with van der Waals surface area (Å²) >= 11 is 0. The molecular formula is C13H21N3O. The molecule has 0 saturated carbocycles. The van der Waals surface area contributed by atoms with Gasteiger partial charge in [-0.1, -0.05) is 12.2 Å². The largest absolute Gasteiger partial charge is 0.337 e. The van der Waals surface area contributed by atoms with Gasteiger partial charge in [0.15, 0.2) is 0 Å². The van der Waals surface area contributed by atoms with Crippen molar-refractivity contribution in [1.82, 2.24) is 14.7 Å². The molecule has 0 N–H and O–H groups in total. The number of carbonyl (C=O) groups excluding carboxylic acids is 1. The van der Waals surface area contributed by atoms with E-state index in [4.69, 9.17) is 0 Å². The van der Waals surface area contributed by atoms with E-state index < -0.39 is 0 Å². The Kier molecular flexibility index (Phi) is 4.49. The van der Waals surface area contributed by atoms with E-state index in [0.717, 1.165) is 17.0 Å². The molecule has 0 bridgehead atoms. The summed E-state index contributed by atoms with van der Waals surface area (Å²) < 4.78 is 1.75. The maximum Gasteiger partial charge on any atom is 0.244 e. The number of hydrogen-bond donors (Lipinski definition) is 0. The Balaban J connectivity index is 2.70. The van der Waals surface area contributed by atoms with Crippen LogP contribution in [0.25, 0.3) is 0 Å². The molecule has 0 aliphatic carbocycles. The highest BCUT2D eigenvalue weighted by atomic mass is 16.2. The van der Waals surface area contributed by atoms with Gasteiger partial charge in [0.2, 0.25) is 5.91 Å². The van der Waals surface area contributed by atoms with Gasteiger partial charge >= 0.3 is 0 Å². The summed E-state index contributed by atoms with van der Waals surface area (Å²) in [5.74, 6) is 0.0849. The second-order valence-electron chi connectivity index (χ2n) is 4.45. The highest BCUT2D eigenvalue weighted by Gasteiger charge is 2.13. The fraction of sp³-hybridized carbons (Fsp3) is 0.538. The minimum Gasteiger partial charge on any atom is -0.337 e. The molecule has 94 valence electrons. The van der Waals surface area contributed by atoms with E-state index in [2.05, 4.69) is 11.7 Å². The zero-order valence-corrected chi connectivity index (χ0v) is 11.2. The minimum absolute atomic E-state index is 0.0849. The molecule has 1 heterocycles. The highest BCUT2D eigenvalue weighted by molar-refractivity contribution is 5.76. The molecule has 17 heavy (non-hydrogen) atoms. The van der Waals surface area contributed by atoms with Crippen molar-refractivity contribution in [3.05, 3.63) is 29.6 Å². The van der Waals surface area contributed by atoms with E-state index in [0.29, 0.717) is 19.6 Å². The number of rotatable bonds is 5. The Morgan fingerprint density at radius 3 is 2.59 bits per heavy atom. The first-order valence-electron chi connectivity index (χ1n) is 5.87. The molecule has 0 atom stereocenters. The smallest absolute Gasteiger partial charge is 0.244 e. The van der Waals surface area contributed by atoms with E-state index in [-0.39, 0.29) is 5.91 Å². The van der Waals surface area contributed by atoms with Crippen molar-refractivity contribution in [2.45, 2.75) is 34.2 Å². The summed E-state index contributed by atoms with van der Waals surface area (Å²) in [7, 11) is 0. The van der Waals surface area contributed by atoms with Crippen LogP contribution in [0.4, 0.5) is 0 Å². The van der Waals surface area contributed by atoms with E-state index >= 15 is 0 Å². The topological polar surface area (TPSA) is 38.1 Å². The molecule has 0 spiro atoms. The number of carbonyl (C=O) groups is 1. The molecule has 0 fully saturated rings. The van der Waals surface area contributed by atoms with Crippen LogP contribution in [0.3, 0.4) is 0 Å². The van der Waals surface area contributed by atoms with Crippen LogP contribution < -0.4 is 0 Å². The van der Waals surface area contributed by atoms with Crippen LogP contribution in [-0.4, -0.2) is 33.7 Å². The monoisotopic (exact) mass is 235 g/mol. The predicted octanol–water partition coefficient (Wildman–Crippen LogP) is 1.92. The van der Waals surface area contributed by atoms with Crippen LogP contribution in [-0.2, 0) is 11.3 Å². The zero-order chi connectivity index (χ0) is 13.0. The van der Waals surface area contributed by atoms with Crippen molar-refractivity contribution >= 4 is 5.91 Å². The summed E-state index contributed by atoms with van der Waals surface area (Å²) in [6.45, 7) is 13.3. The van der Waals surface area contributed by atoms with E-state index in [1.165, 1.54) is 0 Å². The average Bonchev–Trinajstić information content (AvgIpc) is 2.53. The zero-order valence-electron chi connectivity index (χ0n) is 11.2. The molecule has 4 nitrogen and oxygen atoms in total. The Labute approximate surface area is 103 Å². The Morgan fingerprint density at radius 2 is 2.18 bits per heavy atom. The lowest BCUT2D eigenvalue weighted by Gasteiger charge is -2.21. The summed E-state index contributed by atoms with van der Waals surface area (Å²) in [6.07, 6.45) is 0. The first-order chi connectivity index (χ1) is 7.93. The summed E-state index contributed by atoms with van der Waals surface area (Å²) in [5.41, 5.74) is 2.95. The van der Waals surface area contributed by atoms with Gasteiger partial charge in [0.05, 0.1) is 5.69 Å². The maximum absolute atomic E-state index is 12.1. The van der Waals surface area contributed by atoms with Gasteiger partial charge in [-0.3, -0.25) is 9.48 Å². The van der Waals surface area contributed by atoms with Gasteiger partial charge in [-0.25, -0.2) is 0 Å². The van der Waals surface area contributed by atoms with E-state index in [1.807, 2.05) is 33.8 Å². The molecule has 0 unspecified atom stereocenters. The summed E-state index contributed by atoms with van der Waals surface area (Å²) in [6, 6.07) is 1.97. The second-order valence-corrected chi connectivity index (χ2v) is 4.45. The predicted molar refractivity (Wildman–Crippen MR) is 68.8 cm³/mol. The van der Waals surface area contributed by atoms with Gasteiger partial charge in [0.25, 0.3) is 0 Å². The molecule has 1 aromatic heterocycles. The number of hydrogen-bond acceptors (Lipinski definition) is 2. The molecule has 0 aliphatic heterocycles. The third kappa shape index (κ3) is 3.73. The van der Waals surface area contributed by atoms with Crippen molar-refractivity contribution in [1.29, 1.82) is 0 Å². The van der Waals surface area contributed by atoms with Crippen LogP contribution in [0, 0.1) is 13.8 Å². The standard InChI is InChI=1S/C13H21N3O/c1-6-15(8-10(2)3)13(17)9-16-12(5)7-11(4)14-16/h7H,2,6,8-9H2,1,3-5H3. The lowest BCUT2D eigenvalue weighted by atomic mass is 10.3. The van der Waals surface area contributed by atoms with Crippen LogP contribution in [0.2, 0.25) is 0 Å². The molecule has 0 aromatic carbocycles. The van der Waals surface area contributed by atoms with E-state index in [1.54, 1.807) is 9.58 Å². The quantitative estimate of drug-likeness (QED) is 0.731. The normalized spacial score (nSPS) is 10.4. The maximum atomic E-state index is 12.1. The van der Waals surface area contributed by atoms with Gasteiger partial charge in [-0.15, -0.1) is 0 Å². The van der Waals surface area contributed by atoms with Gasteiger partial charge in [-0.2, -0.15) is 5.10 Å². The highest BCUT2D eigenvalue weighted by Crippen LogP contribution is 2.04. The van der Waals surface area contributed by atoms with E-state index in [9.17, 15) is 4.79 Å². The first-order valence-corrected chi connectivity index (χ1v) is 5.87. The molecule has 1 aromatic rings. The van der Waals surface area contributed by atoms with Crippen LogP contribution in [0.15, 0.2) is 18.2 Å². The number of aryl methyl sites for hydroxylation is 2. The average molecular weight is 235 g/mol. The molecule has 4 heteroatoms. The number of aromatic nitrogens is 2. The lowest BCUT2D eigenvalue weighted by Crippen LogP contribution is -2.35. The third-order valence-corrected chi connectivity index (χ3v) is 2.58. The second kappa shape index (κ2) is 5.66. The van der Waals surface area contributed by atoms with Crippen molar-refractivity contribution in [2.75, 3.05) is 13.1 Å². The lowest BCUT2D eigenvalue weighted by molar-refractivity contribution is -0.131. The Bertz CT molecular complexity index is 420. The van der Waals surface area contributed by atoms with Gasteiger partial charge in [-0.05, 0) is 33.8 Å². The fourth-order valence-corrected chi connectivity index (χ4v) is 1.77. The van der Waals surface area contributed by atoms with Crippen LogP contribution >= 0.6 is 0 Å². The number of nitrogens with zero attached hydrogens (tertiary/aromatic N) is 3. The minimum atomic E-state index is 0.0849. The van der Waals surface area contributed by atoms with Crippen molar-refractivity contribution in [3.8, 4) is 0 Å². The summed E-state index contributed by atoms with van der Waals surface area (Å²) in [5, 5.41) is 4.29. The van der Waals surface area contributed by atoms with Gasteiger partial charge < -0.3 is 4.90 Å². The Hall–Kier alpha value is -1.58. The molecule has 1 rings (SSSR count). The van der Waals surface area contributed by atoms with Crippen molar-refractivity contribution in [3.63, 3.8) is 0 Å². The fourth-order valence-electron chi connectivity index (χ4n) is 1.77. The molecule has 0 aliphatic rings. The van der Waals surface area contributed by atoms with Crippen molar-refractivity contribution < 1.29 is 4.79 Å². The Morgan fingerprint density at radius 1 is 1.53 bits per heavy atom. The van der Waals surface area contributed by atoms with Crippen LogP contribution in [0.1, 0.15) is 25.2 Å². The summed E-state index contributed by atoms with van der Waals surface area (Å²) in [4.78, 5) is 13.9. The third-order valence-electron chi connectivity index (χ3n) is 2.58. The molecule has 0 saturated heterocycles. The van der Waals surface area contributed by atoms with Gasteiger partial charge in [0, 0.05) is 18.8 Å². The van der Waals surface area contributed by atoms with Crippen molar-refractivity contribution in [2.24, 2.45) is 0 Å². The first kappa shape index (κ1) is 13.5. The SMILES string of the molecule is C=C(C)CN(CC)C(=O)Cn1nc(C)cc1C. The molecule has 0 radical (unpaired) electrons. The van der Waals surface area contributed by atoms with Crippen LogP contribution in [0.5, 0.6) is 0 Å².